The van der Waals surface area contributed by atoms with Crippen molar-refractivity contribution in [3.8, 4) is 0 Å². The van der Waals surface area contributed by atoms with E-state index in [-0.39, 0.29) is 5.91 Å². The predicted octanol–water partition coefficient (Wildman–Crippen LogP) is 3.11. The molecule has 134 valence electrons. The second kappa shape index (κ2) is 7.37. The highest BCUT2D eigenvalue weighted by Crippen LogP contribution is 2.15. The molecule has 4 rings (SSSR count). The highest BCUT2D eigenvalue weighted by molar-refractivity contribution is 5.97. The average molecular weight is 357 g/mol. The number of hydrogen-bond donors (Lipinski definition) is 1. The van der Waals surface area contributed by atoms with Gasteiger partial charge in [0.2, 0.25) is 0 Å². The van der Waals surface area contributed by atoms with E-state index in [0.29, 0.717) is 24.2 Å². The summed E-state index contributed by atoms with van der Waals surface area (Å²) in [6, 6.07) is 17.6. The van der Waals surface area contributed by atoms with Crippen molar-refractivity contribution in [1.82, 2.24) is 25.3 Å². The molecule has 2 aromatic carbocycles. The summed E-state index contributed by atoms with van der Waals surface area (Å²) in [5, 5.41) is 11.3. The van der Waals surface area contributed by atoms with Crippen LogP contribution in [0.2, 0.25) is 0 Å². The molecule has 0 fully saturated rings. The quantitative estimate of drug-likeness (QED) is 0.596. The van der Waals surface area contributed by atoms with Crippen molar-refractivity contribution < 1.29 is 4.79 Å². The van der Waals surface area contributed by atoms with E-state index in [1.165, 1.54) is 5.56 Å². The van der Waals surface area contributed by atoms with Crippen molar-refractivity contribution in [2.45, 2.75) is 20.0 Å². The average Bonchev–Trinajstić information content (AvgIpc) is 3.10. The molecule has 6 heteroatoms. The molecule has 0 unspecified atom stereocenters. The number of hydrogen-bond acceptors (Lipinski definition) is 4. The molecule has 0 spiro atoms. The van der Waals surface area contributed by atoms with Gasteiger partial charge in [0.15, 0.2) is 0 Å². The van der Waals surface area contributed by atoms with Crippen LogP contribution in [0.1, 0.15) is 27.0 Å². The maximum atomic E-state index is 12.4. The van der Waals surface area contributed by atoms with Crippen LogP contribution in [0.25, 0.3) is 11.0 Å². The topological polar surface area (TPSA) is 72.7 Å². The summed E-state index contributed by atoms with van der Waals surface area (Å²) >= 11 is 0. The Balaban J connectivity index is 1.49. The monoisotopic (exact) mass is 357 g/mol. The molecule has 0 bridgehead atoms. The van der Waals surface area contributed by atoms with Gasteiger partial charge < -0.3 is 5.32 Å². The number of pyridine rings is 1. The molecule has 0 atom stereocenters. The Bertz CT molecular complexity index is 1070. The SMILES string of the molecule is Cc1ccc(Cn2nnc3cc(C(=O)NCc4cccnc4)ccc32)cc1. The van der Waals surface area contributed by atoms with E-state index in [2.05, 4.69) is 51.8 Å². The summed E-state index contributed by atoms with van der Waals surface area (Å²) in [4.78, 5) is 16.5. The van der Waals surface area contributed by atoms with E-state index in [1.807, 2.05) is 22.9 Å². The number of nitrogens with zero attached hydrogens (tertiary/aromatic N) is 4. The lowest BCUT2D eigenvalue weighted by molar-refractivity contribution is 0.0951. The minimum absolute atomic E-state index is 0.145. The van der Waals surface area contributed by atoms with Crippen molar-refractivity contribution in [2.75, 3.05) is 0 Å². The Hall–Kier alpha value is -3.54. The van der Waals surface area contributed by atoms with Gasteiger partial charge in [-0.2, -0.15) is 0 Å². The number of carbonyl (C=O) groups excluding carboxylic acids is 1. The highest BCUT2D eigenvalue weighted by atomic mass is 16.1. The number of carbonyl (C=O) groups is 1. The zero-order valence-electron chi connectivity index (χ0n) is 15.0. The first-order chi connectivity index (χ1) is 13.2. The molecule has 2 heterocycles. The Morgan fingerprint density at radius 2 is 1.93 bits per heavy atom. The smallest absolute Gasteiger partial charge is 0.251 e. The molecule has 0 saturated carbocycles. The molecular weight excluding hydrogens is 338 g/mol. The Labute approximate surface area is 156 Å². The van der Waals surface area contributed by atoms with Crippen LogP contribution in [0, 0.1) is 6.92 Å². The van der Waals surface area contributed by atoms with Crippen LogP contribution in [-0.2, 0) is 13.1 Å². The molecule has 0 aliphatic carbocycles. The van der Waals surface area contributed by atoms with Crippen LogP contribution in [0.4, 0.5) is 0 Å². The first-order valence-corrected chi connectivity index (χ1v) is 8.75. The molecule has 6 nitrogen and oxygen atoms in total. The number of fused-ring (bicyclic) bond motifs is 1. The van der Waals surface area contributed by atoms with Crippen LogP contribution in [0.3, 0.4) is 0 Å². The van der Waals surface area contributed by atoms with Gasteiger partial charge in [-0.25, -0.2) is 4.68 Å². The van der Waals surface area contributed by atoms with Crippen molar-refractivity contribution in [3.63, 3.8) is 0 Å². The van der Waals surface area contributed by atoms with Gasteiger partial charge in [0.05, 0.1) is 12.1 Å². The van der Waals surface area contributed by atoms with E-state index in [9.17, 15) is 4.79 Å². The number of nitrogens with one attached hydrogen (secondary N) is 1. The van der Waals surface area contributed by atoms with Gasteiger partial charge in [0, 0.05) is 24.5 Å². The highest BCUT2D eigenvalue weighted by Gasteiger charge is 2.10. The molecule has 0 saturated heterocycles. The number of aromatic nitrogens is 4. The molecule has 27 heavy (non-hydrogen) atoms. The molecule has 1 amide bonds. The summed E-state index contributed by atoms with van der Waals surface area (Å²) in [6.07, 6.45) is 3.44. The third-order valence-corrected chi connectivity index (χ3v) is 4.40. The van der Waals surface area contributed by atoms with Gasteiger partial charge in [-0.15, -0.1) is 5.10 Å². The molecule has 1 N–H and O–H groups in total. The number of rotatable bonds is 5. The van der Waals surface area contributed by atoms with Crippen LogP contribution in [-0.4, -0.2) is 25.9 Å². The lowest BCUT2D eigenvalue weighted by Gasteiger charge is -2.06. The fourth-order valence-electron chi connectivity index (χ4n) is 2.88. The number of amides is 1. The van der Waals surface area contributed by atoms with Gasteiger partial charge in [-0.3, -0.25) is 9.78 Å². The maximum absolute atomic E-state index is 12.4. The van der Waals surface area contributed by atoms with Crippen molar-refractivity contribution in [2.24, 2.45) is 0 Å². The van der Waals surface area contributed by atoms with Crippen LogP contribution >= 0.6 is 0 Å². The zero-order valence-corrected chi connectivity index (χ0v) is 15.0. The zero-order chi connectivity index (χ0) is 18.6. The molecule has 0 radical (unpaired) electrons. The summed E-state index contributed by atoms with van der Waals surface area (Å²) in [7, 11) is 0. The van der Waals surface area contributed by atoms with Crippen LogP contribution in [0.5, 0.6) is 0 Å². The van der Waals surface area contributed by atoms with E-state index in [1.54, 1.807) is 24.5 Å². The Morgan fingerprint density at radius 3 is 2.70 bits per heavy atom. The fraction of sp³-hybridized carbons (Fsp3) is 0.143. The third-order valence-electron chi connectivity index (χ3n) is 4.40. The number of aryl methyl sites for hydroxylation is 1. The standard InChI is InChI=1S/C21H19N5O/c1-15-4-6-16(7-5-15)14-26-20-9-8-18(11-19(20)24-25-26)21(27)23-13-17-3-2-10-22-12-17/h2-12H,13-14H2,1H3,(H,23,27). The number of benzene rings is 2. The summed E-state index contributed by atoms with van der Waals surface area (Å²) in [6.45, 7) is 3.14. The minimum atomic E-state index is -0.145. The summed E-state index contributed by atoms with van der Waals surface area (Å²) < 4.78 is 1.84. The van der Waals surface area contributed by atoms with Gasteiger partial charge >= 0.3 is 0 Å². The first kappa shape index (κ1) is 16.9. The second-order valence-corrected chi connectivity index (χ2v) is 6.48. The van der Waals surface area contributed by atoms with Gasteiger partial charge in [0.25, 0.3) is 5.91 Å². The van der Waals surface area contributed by atoms with Crippen LogP contribution in [0.15, 0.2) is 67.0 Å². The van der Waals surface area contributed by atoms with Crippen molar-refractivity contribution in [3.05, 3.63) is 89.2 Å². The first-order valence-electron chi connectivity index (χ1n) is 8.75. The van der Waals surface area contributed by atoms with Gasteiger partial charge in [0.1, 0.15) is 5.52 Å². The Morgan fingerprint density at radius 1 is 1.07 bits per heavy atom. The van der Waals surface area contributed by atoms with E-state index < -0.39 is 0 Å². The van der Waals surface area contributed by atoms with Crippen LogP contribution < -0.4 is 5.32 Å². The summed E-state index contributed by atoms with van der Waals surface area (Å²) in [5.74, 6) is -0.145. The lowest BCUT2D eigenvalue weighted by Crippen LogP contribution is -2.22. The molecule has 0 aliphatic heterocycles. The predicted molar refractivity (Wildman–Crippen MR) is 103 cm³/mol. The Kier molecular flexibility index (Phi) is 4.61. The minimum Gasteiger partial charge on any atom is -0.348 e. The lowest BCUT2D eigenvalue weighted by atomic mass is 10.1. The molecule has 4 aromatic rings. The normalized spacial score (nSPS) is 10.9. The van der Waals surface area contributed by atoms with E-state index in [4.69, 9.17) is 0 Å². The van der Waals surface area contributed by atoms with Crippen molar-refractivity contribution >= 4 is 16.9 Å². The molecule has 0 aliphatic rings. The molecular formula is C21H19N5O. The van der Waals surface area contributed by atoms with Gasteiger partial charge in [-0.05, 0) is 42.3 Å². The fourth-order valence-corrected chi connectivity index (χ4v) is 2.88. The maximum Gasteiger partial charge on any atom is 0.251 e. The second-order valence-electron chi connectivity index (χ2n) is 6.48. The van der Waals surface area contributed by atoms with Gasteiger partial charge in [-0.1, -0.05) is 41.1 Å². The largest absolute Gasteiger partial charge is 0.348 e. The van der Waals surface area contributed by atoms with E-state index in [0.717, 1.165) is 16.6 Å². The third kappa shape index (κ3) is 3.84. The molecule has 2 aromatic heterocycles. The van der Waals surface area contributed by atoms with Crippen molar-refractivity contribution in [1.29, 1.82) is 0 Å². The summed E-state index contributed by atoms with van der Waals surface area (Å²) in [5.41, 5.74) is 5.51. The van der Waals surface area contributed by atoms with E-state index >= 15 is 0 Å².